The quantitative estimate of drug-likeness (QED) is 0.824. The third-order valence-electron chi connectivity index (χ3n) is 2.45. The summed E-state index contributed by atoms with van der Waals surface area (Å²) in [6.07, 6.45) is 2.86. The lowest BCUT2D eigenvalue weighted by atomic mass is 10.3. The van der Waals surface area contributed by atoms with E-state index < -0.39 is 11.9 Å². The van der Waals surface area contributed by atoms with Gasteiger partial charge in [-0.15, -0.1) is 0 Å². The molecular formula is C13H15FN2O2S. The summed E-state index contributed by atoms with van der Waals surface area (Å²) in [7, 11) is 1.89. The number of imidazole rings is 1. The van der Waals surface area contributed by atoms with E-state index in [9.17, 15) is 9.50 Å². The van der Waals surface area contributed by atoms with Gasteiger partial charge in [0, 0.05) is 25.2 Å². The van der Waals surface area contributed by atoms with Gasteiger partial charge in [0.2, 0.25) is 0 Å². The Morgan fingerprint density at radius 2 is 2.26 bits per heavy atom. The maximum Gasteiger partial charge on any atom is 0.167 e. The number of aromatic nitrogens is 2. The Labute approximate surface area is 115 Å². The van der Waals surface area contributed by atoms with Crippen LogP contribution in [-0.4, -0.2) is 33.1 Å². The Hall–Kier alpha value is -1.53. The highest BCUT2D eigenvalue weighted by Gasteiger charge is 2.10. The van der Waals surface area contributed by atoms with Crippen molar-refractivity contribution in [1.29, 1.82) is 0 Å². The van der Waals surface area contributed by atoms with E-state index in [0.717, 1.165) is 5.16 Å². The molecule has 6 heteroatoms. The molecule has 0 bridgehead atoms. The molecule has 4 nitrogen and oxygen atoms in total. The van der Waals surface area contributed by atoms with Gasteiger partial charge in [0.05, 0.1) is 6.10 Å². The first-order valence-corrected chi connectivity index (χ1v) is 6.81. The van der Waals surface area contributed by atoms with Gasteiger partial charge in [-0.2, -0.15) is 0 Å². The van der Waals surface area contributed by atoms with Gasteiger partial charge in [0.25, 0.3) is 0 Å². The molecule has 1 heterocycles. The number of aliphatic hydroxyl groups excluding tert-OH is 1. The van der Waals surface area contributed by atoms with E-state index in [4.69, 9.17) is 4.74 Å². The molecule has 1 aromatic carbocycles. The normalized spacial score (nSPS) is 12.4. The summed E-state index contributed by atoms with van der Waals surface area (Å²) in [6, 6.07) is 6.14. The Morgan fingerprint density at radius 1 is 1.47 bits per heavy atom. The minimum absolute atomic E-state index is 0.0539. The van der Waals surface area contributed by atoms with Crippen LogP contribution in [0.25, 0.3) is 0 Å². The lowest BCUT2D eigenvalue weighted by Gasteiger charge is -2.12. The van der Waals surface area contributed by atoms with Crippen LogP contribution in [0.3, 0.4) is 0 Å². The molecule has 102 valence electrons. The second kappa shape index (κ2) is 6.58. The Morgan fingerprint density at radius 3 is 2.95 bits per heavy atom. The zero-order valence-electron chi connectivity index (χ0n) is 10.5. The van der Waals surface area contributed by atoms with Gasteiger partial charge in [-0.3, -0.25) is 0 Å². The molecule has 0 radical (unpaired) electrons. The van der Waals surface area contributed by atoms with Gasteiger partial charge in [-0.05, 0) is 12.1 Å². The molecule has 19 heavy (non-hydrogen) atoms. The number of para-hydroxylation sites is 1. The van der Waals surface area contributed by atoms with Crippen LogP contribution in [0.4, 0.5) is 4.39 Å². The van der Waals surface area contributed by atoms with Crippen molar-refractivity contribution >= 4 is 11.8 Å². The second-order valence-electron chi connectivity index (χ2n) is 4.03. The number of ether oxygens (including phenoxy) is 1. The van der Waals surface area contributed by atoms with Gasteiger partial charge in [-0.25, -0.2) is 9.37 Å². The van der Waals surface area contributed by atoms with Gasteiger partial charge in [0.1, 0.15) is 6.61 Å². The van der Waals surface area contributed by atoms with Crippen LogP contribution in [0.2, 0.25) is 0 Å². The average molecular weight is 282 g/mol. The van der Waals surface area contributed by atoms with Gasteiger partial charge >= 0.3 is 0 Å². The van der Waals surface area contributed by atoms with Crippen LogP contribution in [0.1, 0.15) is 0 Å². The van der Waals surface area contributed by atoms with Crippen LogP contribution in [0.15, 0.2) is 41.8 Å². The van der Waals surface area contributed by atoms with Crippen molar-refractivity contribution in [2.45, 2.75) is 11.3 Å². The SMILES string of the molecule is Cn1ccnc1SC[C@@H](O)COc1ccccc1F. The largest absolute Gasteiger partial charge is 0.488 e. The number of nitrogens with zero attached hydrogens (tertiary/aromatic N) is 2. The molecule has 0 fully saturated rings. The maximum absolute atomic E-state index is 13.3. The smallest absolute Gasteiger partial charge is 0.167 e. The van der Waals surface area contributed by atoms with E-state index in [-0.39, 0.29) is 12.4 Å². The Bertz CT molecular complexity index is 533. The lowest BCUT2D eigenvalue weighted by molar-refractivity contribution is 0.123. The van der Waals surface area contributed by atoms with Crippen molar-refractivity contribution in [2.75, 3.05) is 12.4 Å². The Kier molecular flexibility index (Phi) is 4.81. The molecule has 0 aliphatic rings. The molecule has 1 atom stereocenters. The molecule has 0 aliphatic heterocycles. The van der Waals surface area contributed by atoms with E-state index >= 15 is 0 Å². The van der Waals surface area contributed by atoms with E-state index in [1.165, 1.54) is 23.9 Å². The minimum atomic E-state index is -0.679. The number of hydrogen-bond donors (Lipinski definition) is 1. The third kappa shape index (κ3) is 3.97. The van der Waals surface area contributed by atoms with Crippen LogP contribution < -0.4 is 4.74 Å². The van der Waals surface area contributed by atoms with Crippen LogP contribution in [0, 0.1) is 5.82 Å². The van der Waals surface area contributed by atoms with Gasteiger partial charge < -0.3 is 14.4 Å². The zero-order chi connectivity index (χ0) is 13.7. The standard InChI is InChI=1S/C13H15FN2O2S/c1-16-7-6-15-13(16)19-9-10(17)8-18-12-5-3-2-4-11(12)14/h2-7,10,17H,8-9H2,1H3/t10-/m0/s1. The predicted octanol–water partition coefficient (Wildman–Crippen LogP) is 2.09. The van der Waals surface area contributed by atoms with Crippen molar-refractivity contribution in [1.82, 2.24) is 9.55 Å². The highest BCUT2D eigenvalue weighted by atomic mass is 32.2. The van der Waals surface area contributed by atoms with Crippen molar-refractivity contribution in [3.63, 3.8) is 0 Å². The summed E-state index contributed by atoms with van der Waals surface area (Å²) >= 11 is 1.43. The fourth-order valence-corrected chi connectivity index (χ4v) is 2.30. The number of aryl methyl sites for hydroxylation is 1. The third-order valence-corrected chi connectivity index (χ3v) is 3.65. The first kappa shape index (κ1) is 13.9. The van der Waals surface area contributed by atoms with E-state index in [0.29, 0.717) is 5.75 Å². The number of aliphatic hydroxyl groups is 1. The highest BCUT2D eigenvalue weighted by molar-refractivity contribution is 7.99. The van der Waals surface area contributed by atoms with Gasteiger partial charge in [0.15, 0.2) is 16.7 Å². The molecule has 1 aromatic heterocycles. The second-order valence-corrected chi connectivity index (χ2v) is 5.01. The fourth-order valence-electron chi connectivity index (χ4n) is 1.46. The van der Waals surface area contributed by atoms with Crippen LogP contribution in [-0.2, 0) is 7.05 Å². The summed E-state index contributed by atoms with van der Waals surface area (Å²) in [5.41, 5.74) is 0. The minimum Gasteiger partial charge on any atom is -0.488 e. The lowest BCUT2D eigenvalue weighted by Crippen LogP contribution is -2.20. The molecule has 2 aromatic rings. The molecule has 0 unspecified atom stereocenters. The topological polar surface area (TPSA) is 47.3 Å². The maximum atomic E-state index is 13.3. The van der Waals surface area contributed by atoms with Gasteiger partial charge in [-0.1, -0.05) is 23.9 Å². The molecular weight excluding hydrogens is 267 g/mol. The summed E-state index contributed by atoms with van der Waals surface area (Å²) in [4.78, 5) is 4.13. The number of halogens is 1. The molecule has 0 aliphatic carbocycles. The van der Waals surface area contributed by atoms with E-state index in [2.05, 4.69) is 4.98 Å². The number of benzene rings is 1. The van der Waals surface area contributed by atoms with E-state index in [1.54, 1.807) is 18.3 Å². The van der Waals surface area contributed by atoms with Crippen LogP contribution >= 0.6 is 11.8 Å². The summed E-state index contributed by atoms with van der Waals surface area (Å²) in [5, 5.41) is 10.6. The first-order chi connectivity index (χ1) is 9.16. The van der Waals surface area contributed by atoms with Crippen molar-refractivity contribution < 1.29 is 14.2 Å². The summed E-state index contributed by atoms with van der Waals surface area (Å²) in [6.45, 7) is 0.0539. The first-order valence-electron chi connectivity index (χ1n) is 5.82. The molecule has 2 rings (SSSR count). The molecule has 0 spiro atoms. The predicted molar refractivity (Wildman–Crippen MR) is 71.8 cm³/mol. The monoisotopic (exact) mass is 282 g/mol. The summed E-state index contributed by atoms with van der Waals surface area (Å²) in [5.74, 6) is 0.175. The fraction of sp³-hybridized carbons (Fsp3) is 0.308. The zero-order valence-corrected chi connectivity index (χ0v) is 11.3. The highest BCUT2D eigenvalue weighted by Crippen LogP contribution is 2.18. The molecule has 0 saturated heterocycles. The average Bonchev–Trinajstić information content (AvgIpc) is 2.81. The van der Waals surface area contributed by atoms with Crippen molar-refractivity contribution in [3.8, 4) is 5.75 Å². The van der Waals surface area contributed by atoms with Crippen molar-refractivity contribution in [2.24, 2.45) is 7.05 Å². The molecule has 1 N–H and O–H groups in total. The number of hydrogen-bond acceptors (Lipinski definition) is 4. The number of thioether (sulfide) groups is 1. The number of rotatable bonds is 6. The molecule has 0 amide bonds. The van der Waals surface area contributed by atoms with E-state index in [1.807, 2.05) is 17.8 Å². The van der Waals surface area contributed by atoms with Crippen molar-refractivity contribution in [3.05, 3.63) is 42.5 Å². The van der Waals surface area contributed by atoms with Crippen LogP contribution in [0.5, 0.6) is 5.75 Å². The summed E-state index contributed by atoms with van der Waals surface area (Å²) < 4.78 is 20.4. The Balaban J connectivity index is 1.77. The molecule has 0 saturated carbocycles.